The van der Waals surface area contributed by atoms with Crippen LogP contribution in [0.5, 0.6) is 0 Å². The first-order valence-electron chi connectivity index (χ1n) is 9.00. The first-order chi connectivity index (χ1) is 13.6. The highest BCUT2D eigenvalue weighted by Crippen LogP contribution is 2.17. The molecule has 2 aromatic carbocycles. The molecule has 0 bridgehead atoms. The molecule has 0 saturated carbocycles. The maximum Gasteiger partial charge on any atom is 0.319 e. The summed E-state index contributed by atoms with van der Waals surface area (Å²) in [4.78, 5) is 30.4. The molecule has 1 heterocycles. The monoisotopic (exact) mass is 374 g/mol. The van der Waals surface area contributed by atoms with Gasteiger partial charge in [-0.2, -0.15) is 0 Å². The zero-order chi connectivity index (χ0) is 19.8. The van der Waals surface area contributed by atoms with Gasteiger partial charge < -0.3 is 15.5 Å². The van der Waals surface area contributed by atoms with E-state index in [1.54, 1.807) is 48.6 Å². The Morgan fingerprint density at radius 3 is 2.57 bits per heavy atom. The van der Waals surface area contributed by atoms with Gasteiger partial charge in [0.15, 0.2) is 0 Å². The summed E-state index contributed by atoms with van der Waals surface area (Å²) in [6, 6.07) is 19.8. The standard InChI is InChI=1S/C22H22N4O2/c1-26(20-10-3-2-4-11-20)21(27)18-8-5-9-19(15-18)25-22(28)24-14-12-17-7-6-13-23-16-17/h2-11,13,15-16H,12,14H2,1H3,(H2,24,25,28). The Labute approximate surface area is 164 Å². The number of benzene rings is 2. The van der Waals surface area contributed by atoms with Crippen LogP contribution in [0.2, 0.25) is 0 Å². The van der Waals surface area contributed by atoms with E-state index in [0.717, 1.165) is 11.3 Å². The summed E-state index contributed by atoms with van der Waals surface area (Å²) < 4.78 is 0. The second-order valence-corrected chi connectivity index (χ2v) is 6.27. The topological polar surface area (TPSA) is 74.3 Å². The molecule has 3 aromatic rings. The summed E-state index contributed by atoms with van der Waals surface area (Å²) in [6.07, 6.45) is 4.19. The van der Waals surface area contributed by atoms with Crippen molar-refractivity contribution in [3.05, 3.63) is 90.3 Å². The summed E-state index contributed by atoms with van der Waals surface area (Å²) in [7, 11) is 1.73. The van der Waals surface area contributed by atoms with Gasteiger partial charge in [-0.1, -0.05) is 30.3 Å². The molecule has 0 saturated heterocycles. The van der Waals surface area contributed by atoms with E-state index in [2.05, 4.69) is 15.6 Å². The van der Waals surface area contributed by atoms with Crippen LogP contribution in [0, 0.1) is 0 Å². The number of anilines is 2. The van der Waals surface area contributed by atoms with Gasteiger partial charge in [0, 0.05) is 42.9 Å². The molecule has 0 aliphatic carbocycles. The predicted octanol–water partition coefficient (Wildman–Crippen LogP) is 3.72. The van der Waals surface area contributed by atoms with Crippen molar-refractivity contribution >= 4 is 23.3 Å². The number of nitrogens with one attached hydrogen (secondary N) is 2. The number of urea groups is 1. The minimum Gasteiger partial charge on any atom is -0.338 e. The third kappa shape index (κ3) is 5.17. The van der Waals surface area contributed by atoms with E-state index < -0.39 is 0 Å². The van der Waals surface area contributed by atoms with E-state index in [1.807, 2.05) is 42.5 Å². The fourth-order valence-corrected chi connectivity index (χ4v) is 2.73. The summed E-state index contributed by atoms with van der Waals surface area (Å²) in [5.41, 5.74) is 2.92. The average molecular weight is 374 g/mol. The number of para-hydroxylation sites is 1. The Balaban J connectivity index is 1.56. The SMILES string of the molecule is CN(C(=O)c1cccc(NC(=O)NCCc2cccnc2)c1)c1ccccc1. The highest BCUT2D eigenvalue weighted by atomic mass is 16.2. The molecule has 1 aromatic heterocycles. The van der Waals surface area contributed by atoms with Crippen molar-refractivity contribution < 1.29 is 9.59 Å². The van der Waals surface area contributed by atoms with E-state index in [0.29, 0.717) is 24.2 Å². The van der Waals surface area contributed by atoms with Crippen molar-refractivity contribution in [1.82, 2.24) is 10.3 Å². The van der Waals surface area contributed by atoms with E-state index in [-0.39, 0.29) is 11.9 Å². The smallest absolute Gasteiger partial charge is 0.319 e. The quantitative estimate of drug-likeness (QED) is 0.690. The number of amides is 3. The lowest BCUT2D eigenvalue weighted by molar-refractivity contribution is 0.0993. The van der Waals surface area contributed by atoms with Crippen molar-refractivity contribution in [3.8, 4) is 0 Å². The number of aromatic nitrogens is 1. The van der Waals surface area contributed by atoms with Gasteiger partial charge in [0.1, 0.15) is 0 Å². The van der Waals surface area contributed by atoms with Crippen LogP contribution in [0.1, 0.15) is 15.9 Å². The number of carbonyl (C=O) groups excluding carboxylic acids is 2. The zero-order valence-electron chi connectivity index (χ0n) is 15.6. The van der Waals surface area contributed by atoms with Gasteiger partial charge in [-0.3, -0.25) is 9.78 Å². The third-order valence-electron chi connectivity index (χ3n) is 4.24. The molecule has 6 nitrogen and oxygen atoms in total. The van der Waals surface area contributed by atoms with Crippen molar-refractivity contribution in [1.29, 1.82) is 0 Å². The molecule has 0 radical (unpaired) electrons. The molecule has 142 valence electrons. The maximum atomic E-state index is 12.7. The number of hydrogen-bond acceptors (Lipinski definition) is 3. The fourth-order valence-electron chi connectivity index (χ4n) is 2.73. The molecule has 0 spiro atoms. The Bertz CT molecular complexity index is 930. The summed E-state index contributed by atoms with van der Waals surface area (Å²) in [6.45, 7) is 0.493. The van der Waals surface area contributed by atoms with Gasteiger partial charge in [0.25, 0.3) is 5.91 Å². The van der Waals surface area contributed by atoms with Crippen LogP contribution in [0.4, 0.5) is 16.2 Å². The van der Waals surface area contributed by atoms with Crippen LogP contribution >= 0.6 is 0 Å². The molecule has 28 heavy (non-hydrogen) atoms. The Morgan fingerprint density at radius 1 is 1.00 bits per heavy atom. The van der Waals surface area contributed by atoms with Crippen LogP contribution in [0.15, 0.2) is 79.1 Å². The van der Waals surface area contributed by atoms with Crippen LogP contribution in [0.25, 0.3) is 0 Å². The van der Waals surface area contributed by atoms with Crippen molar-refractivity contribution in [2.24, 2.45) is 0 Å². The van der Waals surface area contributed by atoms with Gasteiger partial charge >= 0.3 is 6.03 Å². The molecular weight excluding hydrogens is 352 g/mol. The lowest BCUT2D eigenvalue weighted by Gasteiger charge is -2.17. The molecule has 0 atom stereocenters. The van der Waals surface area contributed by atoms with Crippen LogP contribution in [-0.4, -0.2) is 30.5 Å². The minimum absolute atomic E-state index is 0.146. The van der Waals surface area contributed by atoms with E-state index >= 15 is 0 Å². The number of hydrogen-bond donors (Lipinski definition) is 2. The number of rotatable bonds is 6. The first kappa shape index (κ1) is 19.1. The molecule has 2 N–H and O–H groups in total. The molecular formula is C22H22N4O2. The van der Waals surface area contributed by atoms with Crippen molar-refractivity contribution in [3.63, 3.8) is 0 Å². The molecule has 0 fully saturated rings. The normalized spacial score (nSPS) is 10.2. The van der Waals surface area contributed by atoms with Crippen molar-refractivity contribution in [2.45, 2.75) is 6.42 Å². The largest absolute Gasteiger partial charge is 0.338 e. The molecule has 0 unspecified atom stereocenters. The van der Waals surface area contributed by atoms with Crippen molar-refractivity contribution in [2.75, 3.05) is 23.8 Å². The highest BCUT2D eigenvalue weighted by molar-refractivity contribution is 6.06. The second kappa shape index (κ2) is 9.32. The highest BCUT2D eigenvalue weighted by Gasteiger charge is 2.14. The van der Waals surface area contributed by atoms with Crippen LogP contribution < -0.4 is 15.5 Å². The Morgan fingerprint density at radius 2 is 1.82 bits per heavy atom. The minimum atomic E-state index is -0.315. The summed E-state index contributed by atoms with van der Waals surface area (Å²) in [5, 5.41) is 5.57. The number of carbonyl (C=O) groups is 2. The lowest BCUT2D eigenvalue weighted by atomic mass is 10.1. The van der Waals surface area contributed by atoms with Gasteiger partial charge in [0.2, 0.25) is 0 Å². The average Bonchev–Trinajstić information content (AvgIpc) is 2.74. The van der Waals surface area contributed by atoms with Crippen LogP contribution in [-0.2, 0) is 6.42 Å². The van der Waals surface area contributed by atoms with E-state index in [9.17, 15) is 9.59 Å². The number of pyridine rings is 1. The van der Waals surface area contributed by atoms with Gasteiger partial charge in [-0.05, 0) is 48.4 Å². The molecule has 3 amide bonds. The summed E-state index contributed by atoms with van der Waals surface area (Å²) >= 11 is 0. The van der Waals surface area contributed by atoms with Gasteiger partial charge in [-0.25, -0.2) is 4.79 Å². The molecule has 0 aliphatic rings. The number of nitrogens with zero attached hydrogens (tertiary/aromatic N) is 2. The van der Waals surface area contributed by atoms with Crippen LogP contribution in [0.3, 0.4) is 0 Å². The lowest BCUT2D eigenvalue weighted by Crippen LogP contribution is -2.30. The van der Waals surface area contributed by atoms with E-state index in [1.165, 1.54) is 0 Å². The fraction of sp³-hybridized carbons (Fsp3) is 0.136. The molecule has 0 aliphatic heterocycles. The second-order valence-electron chi connectivity index (χ2n) is 6.27. The summed E-state index contributed by atoms with van der Waals surface area (Å²) in [5.74, 6) is -0.146. The first-order valence-corrected chi connectivity index (χ1v) is 9.00. The third-order valence-corrected chi connectivity index (χ3v) is 4.24. The maximum absolute atomic E-state index is 12.7. The zero-order valence-corrected chi connectivity index (χ0v) is 15.6. The molecule has 6 heteroatoms. The Hall–Kier alpha value is -3.67. The Kier molecular flexibility index (Phi) is 6.36. The van der Waals surface area contributed by atoms with Gasteiger partial charge in [0.05, 0.1) is 0 Å². The van der Waals surface area contributed by atoms with Gasteiger partial charge in [-0.15, -0.1) is 0 Å². The van der Waals surface area contributed by atoms with E-state index in [4.69, 9.17) is 0 Å². The molecule has 3 rings (SSSR count). The predicted molar refractivity (Wildman–Crippen MR) is 111 cm³/mol.